The number of aliphatic carboxylic acids is 1. The number of hydrogen-bond donors (Lipinski definition) is 2. The van der Waals surface area contributed by atoms with Crippen molar-refractivity contribution in [3.63, 3.8) is 0 Å². The summed E-state index contributed by atoms with van der Waals surface area (Å²) in [5.74, 6) is -1.15. The van der Waals surface area contributed by atoms with Crippen molar-refractivity contribution >= 4 is 18.4 Å². The van der Waals surface area contributed by atoms with Gasteiger partial charge in [0.1, 0.15) is 0 Å². The van der Waals surface area contributed by atoms with Crippen LogP contribution in [0, 0.1) is 0 Å². The van der Waals surface area contributed by atoms with E-state index in [2.05, 4.69) is 0 Å². The molecule has 0 amide bonds. The SMILES string of the molecule is Cl.N[C@@H](CC(=O)O)c1cccc(C(F)(F)F)c1. The summed E-state index contributed by atoms with van der Waals surface area (Å²) >= 11 is 0. The van der Waals surface area contributed by atoms with E-state index < -0.39 is 30.2 Å². The quantitative estimate of drug-likeness (QED) is 0.886. The number of hydrogen-bond acceptors (Lipinski definition) is 2. The van der Waals surface area contributed by atoms with E-state index in [1.807, 2.05) is 0 Å². The van der Waals surface area contributed by atoms with Crippen LogP contribution in [-0.4, -0.2) is 11.1 Å². The maximum Gasteiger partial charge on any atom is 0.416 e. The molecular weight excluding hydrogens is 259 g/mol. The predicted octanol–water partition coefficient (Wildman–Crippen LogP) is 2.60. The zero-order chi connectivity index (χ0) is 12.3. The van der Waals surface area contributed by atoms with Gasteiger partial charge in [0.05, 0.1) is 12.0 Å². The Bertz CT molecular complexity index is 395. The number of carboxylic acids is 1. The van der Waals surface area contributed by atoms with E-state index in [0.717, 1.165) is 12.1 Å². The molecule has 3 N–H and O–H groups in total. The molecule has 3 nitrogen and oxygen atoms in total. The van der Waals surface area contributed by atoms with E-state index >= 15 is 0 Å². The molecule has 0 unspecified atom stereocenters. The summed E-state index contributed by atoms with van der Waals surface area (Å²) in [4.78, 5) is 10.4. The third kappa shape index (κ3) is 4.62. The Morgan fingerprint density at radius 2 is 2.00 bits per heavy atom. The molecule has 1 atom stereocenters. The first-order chi connectivity index (χ1) is 7.30. The van der Waals surface area contributed by atoms with Crippen LogP contribution in [0.4, 0.5) is 13.2 Å². The summed E-state index contributed by atoms with van der Waals surface area (Å²) in [6.45, 7) is 0. The standard InChI is InChI=1S/C10H10F3NO2.ClH/c11-10(12,13)7-3-1-2-6(4-7)8(14)5-9(15)16;/h1-4,8H,5,14H2,(H,15,16);1H/t8-;/m0./s1. The Labute approximate surface area is 102 Å². The highest BCUT2D eigenvalue weighted by molar-refractivity contribution is 5.85. The fraction of sp³-hybridized carbons (Fsp3) is 0.300. The van der Waals surface area contributed by atoms with Crippen molar-refractivity contribution in [1.82, 2.24) is 0 Å². The van der Waals surface area contributed by atoms with Gasteiger partial charge in [-0.2, -0.15) is 13.2 Å². The number of benzene rings is 1. The third-order valence-corrected chi connectivity index (χ3v) is 2.04. The monoisotopic (exact) mass is 269 g/mol. The third-order valence-electron chi connectivity index (χ3n) is 2.04. The van der Waals surface area contributed by atoms with Crippen LogP contribution in [0.15, 0.2) is 24.3 Å². The molecule has 1 aromatic rings. The van der Waals surface area contributed by atoms with Gasteiger partial charge < -0.3 is 10.8 Å². The van der Waals surface area contributed by atoms with Gasteiger partial charge in [-0.1, -0.05) is 12.1 Å². The zero-order valence-corrected chi connectivity index (χ0v) is 9.39. The normalized spacial score (nSPS) is 12.7. The lowest BCUT2D eigenvalue weighted by Crippen LogP contribution is -2.16. The molecule has 0 aliphatic rings. The molecular formula is C10H11ClF3NO2. The summed E-state index contributed by atoms with van der Waals surface area (Å²) in [7, 11) is 0. The number of halogens is 4. The number of rotatable bonds is 3. The average Bonchev–Trinajstić information content (AvgIpc) is 2.15. The molecule has 0 spiro atoms. The number of carboxylic acid groups (broad SMARTS) is 1. The second-order valence-corrected chi connectivity index (χ2v) is 3.33. The van der Waals surface area contributed by atoms with Crippen LogP contribution in [0.25, 0.3) is 0 Å². The molecule has 1 aromatic carbocycles. The van der Waals surface area contributed by atoms with Crippen LogP contribution in [-0.2, 0) is 11.0 Å². The Kier molecular flexibility index (Phi) is 5.44. The zero-order valence-electron chi connectivity index (χ0n) is 8.57. The van der Waals surface area contributed by atoms with E-state index in [4.69, 9.17) is 10.8 Å². The molecule has 0 saturated heterocycles. The van der Waals surface area contributed by atoms with Gasteiger partial charge in [-0.15, -0.1) is 12.4 Å². The van der Waals surface area contributed by atoms with Gasteiger partial charge in [-0.3, -0.25) is 4.79 Å². The lowest BCUT2D eigenvalue weighted by atomic mass is 10.0. The molecule has 0 fully saturated rings. The Hall–Kier alpha value is -1.27. The van der Waals surface area contributed by atoms with Crippen molar-refractivity contribution in [2.75, 3.05) is 0 Å². The van der Waals surface area contributed by atoms with Gasteiger partial charge in [0.2, 0.25) is 0 Å². The lowest BCUT2D eigenvalue weighted by Gasteiger charge is -2.12. The Morgan fingerprint density at radius 1 is 1.41 bits per heavy atom. The summed E-state index contributed by atoms with van der Waals surface area (Å²) in [6.07, 6.45) is -4.85. The molecule has 7 heteroatoms. The predicted molar refractivity (Wildman–Crippen MR) is 57.9 cm³/mol. The van der Waals surface area contributed by atoms with E-state index in [1.165, 1.54) is 12.1 Å². The fourth-order valence-corrected chi connectivity index (χ4v) is 1.25. The minimum atomic E-state index is -4.45. The Morgan fingerprint density at radius 3 is 2.47 bits per heavy atom. The van der Waals surface area contributed by atoms with Crippen LogP contribution >= 0.6 is 12.4 Å². The smallest absolute Gasteiger partial charge is 0.416 e. The highest BCUT2D eigenvalue weighted by atomic mass is 35.5. The van der Waals surface area contributed by atoms with Crippen molar-refractivity contribution < 1.29 is 23.1 Å². The van der Waals surface area contributed by atoms with Gasteiger partial charge >= 0.3 is 12.1 Å². The average molecular weight is 270 g/mol. The van der Waals surface area contributed by atoms with Crippen LogP contribution < -0.4 is 5.73 Å². The number of carbonyl (C=O) groups is 1. The molecule has 17 heavy (non-hydrogen) atoms. The second kappa shape index (κ2) is 5.88. The van der Waals surface area contributed by atoms with Gasteiger partial charge in [0.25, 0.3) is 0 Å². The minimum absolute atomic E-state index is 0. The van der Waals surface area contributed by atoms with E-state index in [-0.39, 0.29) is 18.0 Å². The van der Waals surface area contributed by atoms with Crippen molar-refractivity contribution in [3.8, 4) is 0 Å². The first-order valence-corrected chi connectivity index (χ1v) is 4.45. The molecule has 1 rings (SSSR count). The summed E-state index contributed by atoms with van der Waals surface area (Å²) in [5.41, 5.74) is 4.80. The highest BCUT2D eigenvalue weighted by Gasteiger charge is 2.30. The van der Waals surface area contributed by atoms with E-state index in [1.54, 1.807) is 0 Å². The highest BCUT2D eigenvalue weighted by Crippen LogP contribution is 2.30. The topological polar surface area (TPSA) is 63.3 Å². The summed E-state index contributed by atoms with van der Waals surface area (Å²) in [5, 5.41) is 8.47. The molecule has 0 heterocycles. The maximum atomic E-state index is 12.3. The van der Waals surface area contributed by atoms with Crippen molar-refractivity contribution in [2.45, 2.75) is 18.6 Å². The first kappa shape index (κ1) is 15.7. The second-order valence-electron chi connectivity index (χ2n) is 3.33. The van der Waals surface area contributed by atoms with Gasteiger partial charge in [0, 0.05) is 6.04 Å². The van der Waals surface area contributed by atoms with Gasteiger partial charge in [-0.05, 0) is 17.7 Å². The molecule has 0 radical (unpaired) electrons. The van der Waals surface area contributed by atoms with Gasteiger partial charge in [-0.25, -0.2) is 0 Å². The fourth-order valence-electron chi connectivity index (χ4n) is 1.25. The summed E-state index contributed by atoms with van der Waals surface area (Å²) < 4.78 is 37.0. The molecule has 0 saturated carbocycles. The largest absolute Gasteiger partial charge is 0.481 e. The van der Waals surface area contributed by atoms with Crippen LogP contribution in [0.2, 0.25) is 0 Å². The molecule has 0 bridgehead atoms. The molecule has 96 valence electrons. The molecule has 0 aromatic heterocycles. The van der Waals surface area contributed by atoms with Crippen LogP contribution in [0.3, 0.4) is 0 Å². The molecule has 0 aliphatic carbocycles. The lowest BCUT2D eigenvalue weighted by molar-refractivity contribution is -0.138. The number of alkyl halides is 3. The number of nitrogens with two attached hydrogens (primary N) is 1. The minimum Gasteiger partial charge on any atom is -0.481 e. The summed E-state index contributed by atoms with van der Waals surface area (Å²) in [6, 6.07) is 3.44. The molecule has 0 aliphatic heterocycles. The van der Waals surface area contributed by atoms with Crippen molar-refractivity contribution in [3.05, 3.63) is 35.4 Å². The Balaban J connectivity index is 0.00000256. The van der Waals surface area contributed by atoms with Crippen LogP contribution in [0.1, 0.15) is 23.6 Å². The van der Waals surface area contributed by atoms with Crippen LogP contribution in [0.5, 0.6) is 0 Å². The van der Waals surface area contributed by atoms with Crippen molar-refractivity contribution in [2.24, 2.45) is 5.73 Å². The maximum absolute atomic E-state index is 12.3. The first-order valence-electron chi connectivity index (χ1n) is 4.45. The van der Waals surface area contributed by atoms with Crippen molar-refractivity contribution in [1.29, 1.82) is 0 Å². The van der Waals surface area contributed by atoms with E-state index in [9.17, 15) is 18.0 Å². The van der Waals surface area contributed by atoms with Gasteiger partial charge in [0.15, 0.2) is 0 Å². The van der Waals surface area contributed by atoms with E-state index in [0.29, 0.717) is 0 Å².